The van der Waals surface area contributed by atoms with Crippen molar-refractivity contribution in [2.75, 3.05) is 26.4 Å². The molecule has 0 aromatic carbocycles. The van der Waals surface area contributed by atoms with Gasteiger partial charge in [0.15, 0.2) is 0 Å². The van der Waals surface area contributed by atoms with Gasteiger partial charge in [-0.05, 0) is 0 Å². The number of carbonyl (C=O) groups excluding carboxylic acids is 2. The summed E-state index contributed by atoms with van der Waals surface area (Å²) in [7, 11) is 0. The minimum absolute atomic E-state index is 0.0517. The molecule has 0 saturated carbocycles. The van der Waals surface area contributed by atoms with E-state index in [0.29, 0.717) is 13.2 Å². The van der Waals surface area contributed by atoms with Gasteiger partial charge in [0, 0.05) is 6.08 Å². The van der Waals surface area contributed by atoms with E-state index in [2.05, 4.69) is 0 Å². The monoisotopic (exact) mass is 242 g/mol. The second kappa shape index (κ2) is 5.79. The molecule has 94 valence electrons. The van der Waals surface area contributed by atoms with Gasteiger partial charge in [-0.3, -0.25) is 4.79 Å². The van der Waals surface area contributed by atoms with E-state index < -0.39 is 5.97 Å². The summed E-state index contributed by atoms with van der Waals surface area (Å²) in [5, 5.41) is 0. The number of epoxide rings is 2. The molecule has 2 fully saturated rings. The van der Waals surface area contributed by atoms with Crippen molar-refractivity contribution in [2.45, 2.75) is 18.6 Å². The Hall–Kier alpha value is -1.40. The highest BCUT2D eigenvalue weighted by Gasteiger charge is 2.24. The molecule has 0 N–H and O–H groups in total. The summed E-state index contributed by atoms with van der Waals surface area (Å²) >= 11 is 0. The summed E-state index contributed by atoms with van der Waals surface area (Å²) in [6.45, 7) is 1.86. The van der Waals surface area contributed by atoms with Crippen LogP contribution in [0.15, 0.2) is 12.2 Å². The van der Waals surface area contributed by atoms with Gasteiger partial charge in [0.25, 0.3) is 0 Å². The minimum atomic E-state index is -0.473. The fraction of sp³-hybridized carbons (Fsp3) is 0.636. The molecule has 0 aromatic rings. The van der Waals surface area contributed by atoms with Crippen molar-refractivity contribution >= 4 is 11.9 Å². The zero-order valence-corrected chi connectivity index (χ0v) is 9.29. The van der Waals surface area contributed by atoms with Crippen molar-refractivity contribution in [2.24, 2.45) is 0 Å². The maximum Gasteiger partial charge on any atom is 0.330 e. The number of rotatable bonds is 7. The standard InChI is InChI=1S/C11H14O6/c12-10(16-6-8-4-14-8)2-1-3-11(13)17-7-9-5-15-9/h1-2,8-9H,3-7H2. The molecule has 0 spiro atoms. The first-order valence-corrected chi connectivity index (χ1v) is 5.46. The zero-order chi connectivity index (χ0) is 12.1. The van der Waals surface area contributed by atoms with Gasteiger partial charge in [0.05, 0.1) is 19.6 Å². The Morgan fingerprint density at radius 3 is 2.29 bits per heavy atom. The average molecular weight is 242 g/mol. The van der Waals surface area contributed by atoms with E-state index in [0.717, 1.165) is 0 Å². The summed E-state index contributed by atoms with van der Waals surface area (Å²) in [6, 6.07) is 0. The van der Waals surface area contributed by atoms with Crippen LogP contribution < -0.4 is 0 Å². The van der Waals surface area contributed by atoms with Crippen LogP contribution in [0.1, 0.15) is 6.42 Å². The molecule has 2 saturated heterocycles. The van der Waals surface area contributed by atoms with Gasteiger partial charge in [-0.2, -0.15) is 0 Å². The van der Waals surface area contributed by atoms with Gasteiger partial charge in [-0.15, -0.1) is 0 Å². The third-order valence-corrected chi connectivity index (χ3v) is 2.18. The first-order chi connectivity index (χ1) is 8.24. The molecule has 2 aliphatic rings. The molecule has 0 aliphatic carbocycles. The highest BCUT2D eigenvalue weighted by molar-refractivity contribution is 5.83. The summed E-state index contributed by atoms with van der Waals surface area (Å²) < 4.78 is 19.5. The molecule has 0 bridgehead atoms. The maximum atomic E-state index is 11.1. The Kier molecular flexibility index (Phi) is 4.11. The van der Waals surface area contributed by atoms with Crippen LogP contribution in [0.4, 0.5) is 0 Å². The molecule has 6 heteroatoms. The van der Waals surface area contributed by atoms with Crippen LogP contribution in [0.3, 0.4) is 0 Å². The number of ether oxygens (including phenoxy) is 4. The first kappa shape index (κ1) is 12.1. The normalized spacial score (nSPS) is 25.6. The zero-order valence-electron chi connectivity index (χ0n) is 9.29. The number of hydrogen-bond donors (Lipinski definition) is 0. The molecular weight excluding hydrogens is 228 g/mol. The number of carbonyl (C=O) groups is 2. The lowest BCUT2D eigenvalue weighted by Gasteiger charge is -1.99. The summed E-state index contributed by atoms with van der Waals surface area (Å²) in [6.07, 6.45) is 2.81. The molecule has 2 heterocycles. The molecule has 2 rings (SSSR count). The molecule has 0 amide bonds. The predicted octanol–water partition coefficient (Wildman–Crippen LogP) is -0.183. The van der Waals surface area contributed by atoms with E-state index in [4.69, 9.17) is 18.9 Å². The predicted molar refractivity (Wildman–Crippen MR) is 55.2 cm³/mol. The Balaban J connectivity index is 1.51. The van der Waals surface area contributed by atoms with Crippen LogP contribution in [0.2, 0.25) is 0 Å². The lowest BCUT2D eigenvalue weighted by molar-refractivity contribution is -0.143. The minimum Gasteiger partial charge on any atom is -0.463 e. The van der Waals surface area contributed by atoms with Crippen LogP contribution in [-0.2, 0) is 28.5 Å². The van der Waals surface area contributed by atoms with Gasteiger partial charge in [0.2, 0.25) is 0 Å². The largest absolute Gasteiger partial charge is 0.463 e. The van der Waals surface area contributed by atoms with Crippen molar-refractivity contribution in [1.29, 1.82) is 0 Å². The molecule has 2 atom stereocenters. The lowest BCUT2D eigenvalue weighted by Crippen LogP contribution is -2.09. The molecule has 17 heavy (non-hydrogen) atoms. The Morgan fingerprint density at radius 1 is 1.12 bits per heavy atom. The van der Waals surface area contributed by atoms with Crippen molar-refractivity contribution in [1.82, 2.24) is 0 Å². The first-order valence-electron chi connectivity index (χ1n) is 5.46. The summed E-state index contributed by atoms with van der Waals surface area (Å²) in [5.74, 6) is -0.853. The van der Waals surface area contributed by atoms with Crippen molar-refractivity contribution in [3.63, 3.8) is 0 Å². The maximum absolute atomic E-state index is 11.1. The van der Waals surface area contributed by atoms with Crippen molar-refractivity contribution in [3.8, 4) is 0 Å². The van der Waals surface area contributed by atoms with E-state index in [-0.39, 0.29) is 37.8 Å². The Labute approximate surface area is 98.5 Å². The van der Waals surface area contributed by atoms with Crippen LogP contribution in [0.5, 0.6) is 0 Å². The molecule has 2 aliphatic heterocycles. The van der Waals surface area contributed by atoms with Gasteiger partial charge >= 0.3 is 11.9 Å². The molecular formula is C11H14O6. The third-order valence-electron chi connectivity index (χ3n) is 2.18. The van der Waals surface area contributed by atoms with Crippen LogP contribution >= 0.6 is 0 Å². The Bertz CT molecular complexity index is 316. The fourth-order valence-electron chi connectivity index (χ4n) is 1.05. The highest BCUT2D eigenvalue weighted by Crippen LogP contribution is 2.09. The smallest absolute Gasteiger partial charge is 0.330 e. The fourth-order valence-corrected chi connectivity index (χ4v) is 1.05. The van der Waals surface area contributed by atoms with Crippen LogP contribution in [-0.4, -0.2) is 50.6 Å². The number of hydrogen-bond acceptors (Lipinski definition) is 6. The van der Waals surface area contributed by atoms with Crippen LogP contribution in [0.25, 0.3) is 0 Å². The highest BCUT2D eigenvalue weighted by atomic mass is 16.6. The number of esters is 2. The molecule has 0 radical (unpaired) electrons. The van der Waals surface area contributed by atoms with Crippen molar-refractivity contribution < 1.29 is 28.5 Å². The van der Waals surface area contributed by atoms with E-state index >= 15 is 0 Å². The quantitative estimate of drug-likeness (QED) is 0.350. The van der Waals surface area contributed by atoms with Gasteiger partial charge in [0.1, 0.15) is 25.4 Å². The van der Waals surface area contributed by atoms with E-state index in [9.17, 15) is 9.59 Å². The summed E-state index contributed by atoms with van der Waals surface area (Å²) in [5.41, 5.74) is 0. The van der Waals surface area contributed by atoms with Gasteiger partial charge in [-0.1, -0.05) is 6.08 Å². The second-order valence-electron chi connectivity index (χ2n) is 3.83. The average Bonchev–Trinajstić information content (AvgIpc) is 3.16. The van der Waals surface area contributed by atoms with Crippen molar-refractivity contribution in [3.05, 3.63) is 12.2 Å². The molecule has 6 nitrogen and oxygen atoms in total. The summed E-state index contributed by atoms with van der Waals surface area (Å²) in [4.78, 5) is 22.2. The van der Waals surface area contributed by atoms with E-state index in [1.807, 2.05) is 0 Å². The van der Waals surface area contributed by atoms with Crippen LogP contribution in [0, 0.1) is 0 Å². The second-order valence-corrected chi connectivity index (χ2v) is 3.83. The lowest BCUT2D eigenvalue weighted by atomic mass is 10.4. The third kappa shape index (κ3) is 5.46. The van der Waals surface area contributed by atoms with E-state index in [1.54, 1.807) is 0 Å². The Morgan fingerprint density at radius 2 is 1.71 bits per heavy atom. The molecule has 2 unspecified atom stereocenters. The van der Waals surface area contributed by atoms with Gasteiger partial charge in [-0.25, -0.2) is 4.79 Å². The SMILES string of the molecule is O=C(C=CCC(=O)OCC1CO1)OCC1CO1. The topological polar surface area (TPSA) is 77.7 Å². The molecule has 0 aromatic heterocycles. The van der Waals surface area contributed by atoms with Gasteiger partial charge < -0.3 is 18.9 Å². The van der Waals surface area contributed by atoms with E-state index in [1.165, 1.54) is 12.2 Å².